The van der Waals surface area contributed by atoms with E-state index < -0.39 is 5.41 Å². The number of hydrogen-bond donors (Lipinski definition) is 0. The highest BCUT2D eigenvalue weighted by Crippen LogP contribution is 2.43. The van der Waals surface area contributed by atoms with Gasteiger partial charge in [0.1, 0.15) is 11.2 Å². The van der Waals surface area contributed by atoms with Gasteiger partial charge in [0.25, 0.3) is 0 Å². The molecule has 4 heteroatoms. The lowest BCUT2D eigenvalue weighted by Gasteiger charge is -2.26. The Hall–Kier alpha value is -3.66. The van der Waals surface area contributed by atoms with E-state index in [1.54, 1.807) is 12.0 Å². The maximum absolute atomic E-state index is 13.9. The molecule has 1 heterocycles. The van der Waals surface area contributed by atoms with Crippen molar-refractivity contribution in [2.75, 3.05) is 18.6 Å². The van der Waals surface area contributed by atoms with Crippen LogP contribution in [0.5, 0.6) is 5.75 Å². The summed E-state index contributed by atoms with van der Waals surface area (Å²) in [5.41, 5.74) is 3.44. The summed E-state index contributed by atoms with van der Waals surface area (Å²) in [4.78, 5) is 29.4. The molecule has 3 aromatic carbocycles. The Morgan fingerprint density at radius 3 is 2.27 bits per heavy atom. The van der Waals surface area contributed by atoms with Crippen LogP contribution in [0, 0.1) is 19.3 Å². The highest BCUT2D eigenvalue weighted by atomic mass is 16.5. The standard InChI is InChI=1S/C29H29NO3/c1-21-10-14-23(15-11-21)7-6-18-29(27(31)24-16-12-22(2)13-17-24)19-20-30(28(29)32)25-8-4-5-9-26(25)33-3/h4-17H,18-20H2,1-3H3. The molecule has 0 aromatic heterocycles. The first kappa shape index (κ1) is 22.5. The molecule has 0 saturated carbocycles. The van der Waals surface area contributed by atoms with Gasteiger partial charge in [0.15, 0.2) is 5.78 Å². The maximum Gasteiger partial charge on any atom is 0.241 e. The third-order valence-electron chi connectivity index (χ3n) is 6.40. The molecule has 0 spiro atoms. The molecular weight excluding hydrogens is 410 g/mol. The van der Waals surface area contributed by atoms with E-state index in [1.807, 2.05) is 86.7 Å². The monoisotopic (exact) mass is 439 g/mol. The van der Waals surface area contributed by atoms with Crippen LogP contribution in [0.2, 0.25) is 0 Å². The SMILES string of the molecule is COc1ccccc1N1CCC(CC=Cc2ccc(C)cc2)(C(=O)c2ccc(C)cc2)C1=O. The van der Waals surface area contributed by atoms with Crippen molar-refractivity contribution in [1.29, 1.82) is 0 Å². The van der Waals surface area contributed by atoms with Gasteiger partial charge >= 0.3 is 0 Å². The van der Waals surface area contributed by atoms with Crippen LogP contribution in [-0.4, -0.2) is 25.3 Å². The minimum Gasteiger partial charge on any atom is -0.495 e. The minimum atomic E-state index is -1.14. The number of amides is 1. The molecule has 33 heavy (non-hydrogen) atoms. The molecule has 4 rings (SSSR count). The van der Waals surface area contributed by atoms with Crippen molar-refractivity contribution >= 4 is 23.5 Å². The quantitative estimate of drug-likeness (QED) is 0.334. The van der Waals surface area contributed by atoms with Gasteiger partial charge in [0.05, 0.1) is 12.8 Å². The second-order valence-electron chi connectivity index (χ2n) is 8.67. The number of Topliss-reactive ketones (excluding diaryl/α,β-unsaturated/α-hetero) is 1. The normalized spacial score (nSPS) is 18.2. The summed E-state index contributed by atoms with van der Waals surface area (Å²) in [5.74, 6) is 0.323. The second-order valence-corrected chi connectivity index (χ2v) is 8.67. The Labute approximate surface area is 195 Å². The summed E-state index contributed by atoms with van der Waals surface area (Å²) < 4.78 is 5.49. The lowest BCUT2D eigenvalue weighted by Crippen LogP contribution is -2.40. The Morgan fingerprint density at radius 2 is 1.61 bits per heavy atom. The van der Waals surface area contributed by atoms with Crippen LogP contribution in [0.3, 0.4) is 0 Å². The fourth-order valence-electron chi connectivity index (χ4n) is 4.40. The molecule has 1 amide bonds. The second kappa shape index (κ2) is 9.45. The van der Waals surface area contributed by atoms with Gasteiger partial charge in [-0.25, -0.2) is 0 Å². The largest absolute Gasteiger partial charge is 0.495 e. The van der Waals surface area contributed by atoms with E-state index >= 15 is 0 Å². The van der Waals surface area contributed by atoms with Gasteiger partial charge in [-0.05, 0) is 44.4 Å². The predicted octanol–water partition coefficient (Wildman–Crippen LogP) is 6.02. The van der Waals surface area contributed by atoms with Gasteiger partial charge in [0, 0.05) is 12.1 Å². The first-order chi connectivity index (χ1) is 15.9. The number of ether oxygens (including phenoxy) is 1. The van der Waals surface area contributed by atoms with E-state index in [0.717, 1.165) is 11.1 Å². The maximum atomic E-state index is 13.9. The number of allylic oxidation sites excluding steroid dienone is 1. The average Bonchev–Trinajstić information content (AvgIpc) is 3.17. The molecule has 1 fully saturated rings. The number of anilines is 1. The Kier molecular flexibility index (Phi) is 6.45. The van der Waals surface area contributed by atoms with Crippen molar-refractivity contribution in [2.24, 2.45) is 5.41 Å². The summed E-state index contributed by atoms with van der Waals surface area (Å²) >= 11 is 0. The Bertz CT molecular complexity index is 1180. The number of ketones is 1. The number of nitrogens with zero attached hydrogens (tertiary/aromatic N) is 1. The van der Waals surface area contributed by atoms with Crippen molar-refractivity contribution < 1.29 is 14.3 Å². The van der Waals surface area contributed by atoms with E-state index in [2.05, 4.69) is 12.1 Å². The molecule has 4 nitrogen and oxygen atoms in total. The highest BCUT2D eigenvalue weighted by molar-refractivity contribution is 6.20. The van der Waals surface area contributed by atoms with Crippen LogP contribution in [0.1, 0.15) is 39.9 Å². The van der Waals surface area contributed by atoms with E-state index in [0.29, 0.717) is 36.4 Å². The molecule has 168 valence electrons. The van der Waals surface area contributed by atoms with Gasteiger partial charge in [-0.2, -0.15) is 0 Å². The Balaban J connectivity index is 1.69. The van der Waals surface area contributed by atoms with E-state index in [1.165, 1.54) is 5.56 Å². The van der Waals surface area contributed by atoms with Gasteiger partial charge in [-0.15, -0.1) is 0 Å². The number of benzene rings is 3. The molecule has 0 N–H and O–H groups in total. The van der Waals surface area contributed by atoms with Crippen LogP contribution in [0.4, 0.5) is 5.69 Å². The number of rotatable bonds is 7. The summed E-state index contributed by atoms with van der Waals surface area (Å²) in [7, 11) is 1.59. The Morgan fingerprint density at radius 1 is 0.970 bits per heavy atom. The minimum absolute atomic E-state index is 0.126. The zero-order chi connectivity index (χ0) is 23.4. The van der Waals surface area contributed by atoms with Crippen LogP contribution in [-0.2, 0) is 4.79 Å². The topological polar surface area (TPSA) is 46.6 Å². The van der Waals surface area contributed by atoms with E-state index in [4.69, 9.17) is 4.74 Å². The number of para-hydroxylation sites is 2. The molecule has 0 aliphatic carbocycles. The molecule has 1 saturated heterocycles. The summed E-state index contributed by atoms with van der Waals surface area (Å²) in [6, 6.07) is 23.1. The third-order valence-corrected chi connectivity index (χ3v) is 6.40. The molecule has 0 radical (unpaired) electrons. The molecule has 1 aliphatic rings. The molecule has 1 atom stereocenters. The molecule has 1 aliphatic heterocycles. The zero-order valence-corrected chi connectivity index (χ0v) is 19.4. The summed E-state index contributed by atoms with van der Waals surface area (Å²) in [5, 5.41) is 0. The fourth-order valence-corrected chi connectivity index (χ4v) is 4.40. The third kappa shape index (κ3) is 4.47. The van der Waals surface area contributed by atoms with Crippen LogP contribution < -0.4 is 9.64 Å². The van der Waals surface area contributed by atoms with Crippen LogP contribution in [0.15, 0.2) is 78.9 Å². The predicted molar refractivity (Wildman–Crippen MR) is 133 cm³/mol. The number of methoxy groups -OCH3 is 1. The number of carbonyl (C=O) groups is 2. The molecule has 1 unspecified atom stereocenters. The van der Waals surface area contributed by atoms with Gasteiger partial charge < -0.3 is 9.64 Å². The first-order valence-electron chi connectivity index (χ1n) is 11.2. The summed E-state index contributed by atoms with van der Waals surface area (Å²) in [6.07, 6.45) is 4.75. The lowest BCUT2D eigenvalue weighted by molar-refractivity contribution is -0.123. The van der Waals surface area contributed by atoms with Gasteiger partial charge in [-0.1, -0.05) is 83.9 Å². The number of hydrogen-bond acceptors (Lipinski definition) is 3. The molecule has 0 bridgehead atoms. The summed E-state index contributed by atoms with van der Waals surface area (Å²) in [6.45, 7) is 4.50. The number of aryl methyl sites for hydroxylation is 2. The fraction of sp³-hybridized carbons (Fsp3) is 0.241. The van der Waals surface area contributed by atoms with Crippen LogP contribution >= 0.6 is 0 Å². The number of carbonyl (C=O) groups excluding carboxylic acids is 2. The van der Waals surface area contributed by atoms with E-state index in [-0.39, 0.29) is 11.7 Å². The smallest absolute Gasteiger partial charge is 0.241 e. The van der Waals surface area contributed by atoms with Crippen molar-refractivity contribution in [1.82, 2.24) is 0 Å². The van der Waals surface area contributed by atoms with Crippen molar-refractivity contribution in [2.45, 2.75) is 26.7 Å². The highest BCUT2D eigenvalue weighted by Gasteiger charge is 2.52. The molecular formula is C29H29NO3. The zero-order valence-electron chi connectivity index (χ0n) is 19.4. The van der Waals surface area contributed by atoms with Crippen LogP contribution in [0.25, 0.3) is 6.08 Å². The van der Waals surface area contributed by atoms with Crippen molar-refractivity contribution in [3.05, 3.63) is 101 Å². The van der Waals surface area contributed by atoms with Gasteiger partial charge in [-0.3, -0.25) is 9.59 Å². The van der Waals surface area contributed by atoms with Crippen molar-refractivity contribution in [3.8, 4) is 5.75 Å². The average molecular weight is 440 g/mol. The van der Waals surface area contributed by atoms with E-state index in [9.17, 15) is 9.59 Å². The van der Waals surface area contributed by atoms with Gasteiger partial charge in [0.2, 0.25) is 5.91 Å². The lowest BCUT2D eigenvalue weighted by atomic mass is 9.75. The molecule has 3 aromatic rings. The van der Waals surface area contributed by atoms with Crippen molar-refractivity contribution in [3.63, 3.8) is 0 Å². The first-order valence-corrected chi connectivity index (χ1v) is 11.2.